The average molecular weight is 334 g/mol. The van der Waals surface area contributed by atoms with Crippen molar-refractivity contribution in [2.45, 2.75) is 38.3 Å². The van der Waals surface area contributed by atoms with Crippen LogP contribution in [0.1, 0.15) is 32.3 Å². The monoisotopic (exact) mass is 333 g/mol. The molecule has 7 heteroatoms. The van der Waals surface area contributed by atoms with Crippen LogP contribution in [-0.2, 0) is 15.1 Å². The summed E-state index contributed by atoms with van der Waals surface area (Å²) in [4.78, 5) is 23.7. The second-order valence-corrected chi connectivity index (χ2v) is 5.50. The summed E-state index contributed by atoms with van der Waals surface area (Å²) in [6.07, 6.45) is 0.775. The Morgan fingerprint density at radius 1 is 1.43 bits per heavy atom. The van der Waals surface area contributed by atoms with E-state index in [1.807, 2.05) is 6.92 Å². The first-order chi connectivity index (χ1) is 9.25. The van der Waals surface area contributed by atoms with E-state index in [0.29, 0.717) is 17.0 Å². The molecule has 0 radical (unpaired) electrons. The van der Waals surface area contributed by atoms with Crippen molar-refractivity contribution >= 4 is 35.8 Å². The average Bonchev–Trinajstić information content (AvgIpc) is 2.36. The Balaban J connectivity index is 0.00000400. The zero-order chi connectivity index (χ0) is 15.3. The van der Waals surface area contributed by atoms with Crippen LogP contribution in [0.2, 0.25) is 5.02 Å². The van der Waals surface area contributed by atoms with Gasteiger partial charge in [0.25, 0.3) is 0 Å². The van der Waals surface area contributed by atoms with Gasteiger partial charge in [0.2, 0.25) is 11.8 Å². The van der Waals surface area contributed by atoms with E-state index in [0.717, 1.165) is 0 Å². The van der Waals surface area contributed by atoms with Gasteiger partial charge >= 0.3 is 0 Å². The Hall–Kier alpha value is -1.30. The van der Waals surface area contributed by atoms with Gasteiger partial charge in [-0.15, -0.1) is 12.4 Å². The van der Waals surface area contributed by atoms with Crippen molar-refractivity contribution in [1.29, 1.82) is 0 Å². The minimum atomic E-state index is -1.29. The topological polar surface area (TPSA) is 98.2 Å². The summed E-state index contributed by atoms with van der Waals surface area (Å²) >= 11 is 5.91. The van der Waals surface area contributed by atoms with E-state index < -0.39 is 11.4 Å². The fourth-order valence-corrected chi connectivity index (χ4v) is 1.97. The first-order valence-corrected chi connectivity index (χ1v) is 6.76. The van der Waals surface area contributed by atoms with Gasteiger partial charge < -0.3 is 16.8 Å². The summed E-state index contributed by atoms with van der Waals surface area (Å²) in [6, 6.07) is 6.62. The quantitative estimate of drug-likeness (QED) is 0.738. The lowest BCUT2D eigenvalue weighted by molar-refractivity contribution is -0.131. The molecule has 0 saturated heterocycles. The molecular weight excluding hydrogens is 313 g/mol. The van der Waals surface area contributed by atoms with Crippen molar-refractivity contribution in [3.63, 3.8) is 0 Å². The van der Waals surface area contributed by atoms with E-state index in [4.69, 9.17) is 23.1 Å². The SMILES string of the molecule is CC(N)CCC(=O)NC(C)(C(N)=O)c1cccc(Cl)c1.Cl. The first-order valence-electron chi connectivity index (χ1n) is 6.38. The van der Waals surface area contributed by atoms with E-state index in [1.165, 1.54) is 0 Å². The smallest absolute Gasteiger partial charge is 0.247 e. The van der Waals surface area contributed by atoms with Crippen LogP contribution in [0.25, 0.3) is 0 Å². The highest BCUT2D eigenvalue weighted by molar-refractivity contribution is 6.30. The maximum atomic E-state index is 11.9. The van der Waals surface area contributed by atoms with Gasteiger partial charge in [-0.2, -0.15) is 0 Å². The molecule has 2 amide bonds. The summed E-state index contributed by atoms with van der Waals surface area (Å²) in [5, 5.41) is 3.14. The Morgan fingerprint density at radius 2 is 2.05 bits per heavy atom. The molecule has 1 aromatic rings. The number of hydrogen-bond donors (Lipinski definition) is 3. The molecule has 0 spiro atoms. The van der Waals surface area contributed by atoms with Crippen molar-refractivity contribution in [1.82, 2.24) is 5.32 Å². The van der Waals surface area contributed by atoms with Crippen LogP contribution in [-0.4, -0.2) is 17.9 Å². The standard InChI is InChI=1S/C14H20ClN3O2.ClH/c1-9(16)6-7-12(19)18-14(2,13(17)20)10-4-3-5-11(15)8-10;/h3-5,8-9H,6-7,16H2,1-2H3,(H2,17,20)(H,18,19);1H. The lowest BCUT2D eigenvalue weighted by Gasteiger charge is -2.28. The second kappa shape index (κ2) is 8.22. The third kappa shape index (κ3) is 5.53. The first kappa shape index (κ1) is 19.7. The van der Waals surface area contributed by atoms with Gasteiger partial charge in [-0.05, 0) is 38.0 Å². The third-order valence-electron chi connectivity index (χ3n) is 3.11. The number of carbonyl (C=O) groups excluding carboxylic acids is 2. The highest BCUT2D eigenvalue weighted by atomic mass is 35.5. The molecule has 21 heavy (non-hydrogen) atoms. The van der Waals surface area contributed by atoms with Gasteiger partial charge in [0.1, 0.15) is 5.54 Å². The predicted molar refractivity (Wildman–Crippen MR) is 86.3 cm³/mol. The van der Waals surface area contributed by atoms with Crippen molar-refractivity contribution in [2.24, 2.45) is 11.5 Å². The van der Waals surface area contributed by atoms with Crippen molar-refractivity contribution in [3.05, 3.63) is 34.9 Å². The molecule has 0 bridgehead atoms. The summed E-state index contributed by atoms with van der Waals surface area (Å²) < 4.78 is 0. The molecule has 0 saturated carbocycles. The highest BCUT2D eigenvalue weighted by Crippen LogP contribution is 2.23. The van der Waals surface area contributed by atoms with E-state index in [9.17, 15) is 9.59 Å². The largest absolute Gasteiger partial charge is 0.367 e. The van der Waals surface area contributed by atoms with Crippen LogP contribution in [0.15, 0.2) is 24.3 Å². The van der Waals surface area contributed by atoms with Crippen LogP contribution in [0.5, 0.6) is 0 Å². The molecule has 118 valence electrons. The van der Waals surface area contributed by atoms with E-state index in [1.54, 1.807) is 31.2 Å². The van der Waals surface area contributed by atoms with Crippen LogP contribution in [0.4, 0.5) is 0 Å². The molecule has 0 fully saturated rings. The highest BCUT2D eigenvalue weighted by Gasteiger charge is 2.34. The van der Waals surface area contributed by atoms with E-state index in [-0.39, 0.29) is 30.8 Å². The number of halogens is 2. The van der Waals surface area contributed by atoms with E-state index >= 15 is 0 Å². The molecule has 2 atom stereocenters. The maximum Gasteiger partial charge on any atom is 0.247 e. The molecule has 2 unspecified atom stereocenters. The Morgan fingerprint density at radius 3 is 2.52 bits per heavy atom. The lowest BCUT2D eigenvalue weighted by atomic mass is 9.91. The number of amides is 2. The van der Waals surface area contributed by atoms with Crippen molar-refractivity contribution in [3.8, 4) is 0 Å². The fourth-order valence-electron chi connectivity index (χ4n) is 1.78. The Bertz CT molecular complexity index is 509. The minimum Gasteiger partial charge on any atom is -0.367 e. The maximum absolute atomic E-state index is 11.9. The third-order valence-corrected chi connectivity index (χ3v) is 3.35. The summed E-state index contributed by atoms with van der Waals surface area (Å²) in [6.45, 7) is 3.38. The lowest BCUT2D eigenvalue weighted by Crippen LogP contribution is -2.52. The second-order valence-electron chi connectivity index (χ2n) is 5.06. The number of primary amides is 1. The van der Waals surface area contributed by atoms with Gasteiger partial charge in [0, 0.05) is 17.5 Å². The van der Waals surface area contributed by atoms with E-state index in [2.05, 4.69) is 5.32 Å². The number of rotatable bonds is 6. The fraction of sp³-hybridized carbons (Fsp3) is 0.429. The van der Waals surface area contributed by atoms with Gasteiger partial charge in [-0.3, -0.25) is 9.59 Å². The molecule has 0 aliphatic heterocycles. The number of benzene rings is 1. The van der Waals surface area contributed by atoms with Gasteiger partial charge in [0.15, 0.2) is 0 Å². The summed E-state index contributed by atoms with van der Waals surface area (Å²) in [7, 11) is 0. The normalized spacial score (nSPS) is 14.5. The van der Waals surface area contributed by atoms with Gasteiger partial charge in [-0.1, -0.05) is 23.7 Å². The zero-order valence-corrected chi connectivity index (χ0v) is 13.6. The van der Waals surface area contributed by atoms with Gasteiger partial charge in [-0.25, -0.2) is 0 Å². The minimum absolute atomic E-state index is 0. The molecular formula is C14H21Cl2N3O2. The molecule has 1 aromatic carbocycles. The number of nitrogens with two attached hydrogens (primary N) is 2. The Labute approximate surface area is 135 Å². The van der Waals surface area contributed by atoms with Crippen LogP contribution in [0.3, 0.4) is 0 Å². The molecule has 0 aliphatic carbocycles. The van der Waals surface area contributed by atoms with Crippen LogP contribution < -0.4 is 16.8 Å². The zero-order valence-electron chi connectivity index (χ0n) is 12.1. The summed E-state index contributed by atoms with van der Waals surface area (Å²) in [5.41, 5.74) is 10.3. The van der Waals surface area contributed by atoms with Crippen LogP contribution >= 0.6 is 24.0 Å². The predicted octanol–water partition coefficient (Wildman–Crippen LogP) is 1.71. The molecule has 1 rings (SSSR count). The van der Waals surface area contributed by atoms with Gasteiger partial charge in [0.05, 0.1) is 0 Å². The van der Waals surface area contributed by atoms with Crippen LogP contribution in [0, 0.1) is 0 Å². The molecule has 0 aromatic heterocycles. The summed E-state index contributed by atoms with van der Waals surface area (Å²) in [5.74, 6) is -0.919. The molecule has 5 nitrogen and oxygen atoms in total. The number of carbonyl (C=O) groups is 2. The number of hydrogen-bond acceptors (Lipinski definition) is 3. The molecule has 5 N–H and O–H groups in total. The molecule has 0 aliphatic rings. The Kier molecular flexibility index (Phi) is 7.71. The van der Waals surface area contributed by atoms with Crippen molar-refractivity contribution < 1.29 is 9.59 Å². The van der Waals surface area contributed by atoms with Crippen molar-refractivity contribution in [2.75, 3.05) is 0 Å². The molecule has 0 heterocycles. The number of nitrogens with one attached hydrogen (secondary N) is 1.